The molecule has 1 amide bonds. The Kier molecular flexibility index (Phi) is 3.66. The number of carbonyl (C=O) groups excluding carboxylic acids is 3. The number of hydrogen-bond donors (Lipinski definition) is 0. The number of nitrogens with zero attached hydrogens (tertiary/aromatic N) is 1. The number of alkyl halides is 2. The van der Waals surface area contributed by atoms with Gasteiger partial charge >= 0.3 is 11.9 Å². The Balaban J connectivity index is 2.00. The second-order valence-electron chi connectivity index (χ2n) is 5.10. The molecule has 1 spiro atoms. The topological polar surface area (TPSA) is 72.9 Å². The van der Waals surface area contributed by atoms with Crippen molar-refractivity contribution in [3.63, 3.8) is 0 Å². The maximum absolute atomic E-state index is 12.5. The van der Waals surface area contributed by atoms with Gasteiger partial charge < -0.3 is 9.47 Å². The largest absolute Gasteiger partial charge is 0.429 e. The van der Waals surface area contributed by atoms with Crippen molar-refractivity contribution in [2.45, 2.75) is 29.5 Å². The summed E-state index contributed by atoms with van der Waals surface area (Å²) in [5, 5.41) is 0. The third-order valence-electron chi connectivity index (χ3n) is 3.75. The highest BCUT2D eigenvalue weighted by atomic mass is 35.5. The third kappa shape index (κ3) is 1.90. The highest BCUT2D eigenvalue weighted by Crippen LogP contribution is 2.58. The van der Waals surface area contributed by atoms with Crippen molar-refractivity contribution in [2.24, 2.45) is 0 Å². The lowest BCUT2D eigenvalue weighted by Gasteiger charge is -2.57. The van der Waals surface area contributed by atoms with E-state index in [2.05, 4.69) is 0 Å². The van der Waals surface area contributed by atoms with E-state index >= 15 is 0 Å². The van der Waals surface area contributed by atoms with E-state index in [1.165, 1.54) is 17.1 Å². The Morgan fingerprint density at radius 2 is 2.18 bits per heavy atom. The Labute approximate surface area is 140 Å². The van der Waals surface area contributed by atoms with Gasteiger partial charge in [-0.2, -0.15) is 0 Å². The summed E-state index contributed by atoms with van der Waals surface area (Å²) in [6.45, 7) is 0. The van der Waals surface area contributed by atoms with Gasteiger partial charge in [-0.1, -0.05) is 23.2 Å². The van der Waals surface area contributed by atoms with Crippen LogP contribution < -0.4 is 0 Å². The van der Waals surface area contributed by atoms with Crippen molar-refractivity contribution < 1.29 is 23.9 Å². The van der Waals surface area contributed by atoms with E-state index in [0.29, 0.717) is 0 Å². The van der Waals surface area contributed by atoms with E-state index in [4.69, 9.17) is 44.3 Å². The average molecular weight is 367 g/mol. The average Bonchev–Trinajstić information content (AvgIpc) is 3.25. The van der Waals surface area contributed by atoms with Crippen molar-refractivity contribution in [3.8, 4) is 0 Å². The minimum absolute atomic E-state index is 0.0600. The number of likely N-dealkylation sites (tertiary alicyclic amines) is 1. The Morgan fingerprint density at radius 3 is 2.64 bits per heavy atom. The Morgan fingerprint density at radius 1 is 1.50 bits per heavy atom. The van der Waals surface area contributed by atoms with E-state index in [-0.39, 0.29) is 11.8 Å². The van der Waals surface area contributed by atoms with E-state index in [1.54, 1.807) is 0 Å². The van der Waals surface area contributed by atoms with E-state index < -0.39 is 34.3 Å². The molecule has 6 nitrogen and oxygen atoms in total. The van der Waals surface area contributed by atoms with Gasteiger partial charge in [-0.3, -0.25) is 14.5 Å². The summed E-state index contributed by atoms with van der Waals surface area (Å²) in [6.07, 6.45) is 4.13. The summed E-state index contributed by atoms with van der Waals surface area (Å²) < 4.78 is 10.2. The molecule has 9 heteroatoms. The molecule has 118 valence electrons. The monoisotopic (exact) mass is 365 g/mol. The lowest BCUT2D eigenvalue weighted by Crippen LogP contribution is -2.81. The highest BCUT2D eigenvalue weighted by Gasteiger charge is 2.79. The number of rotatable bonds is 4. The second kappa shape index (κ2) is 5.15. The predicted octanol–water partition coefficient (Wildman–Crippen LogP) is 1.64. The zero-order chi connectivity index (χ0) is 16.1. The fourth-order valence-corrected chi connectivity index (χ4v) is 3.36. The fourth-order valence-electron chi connectivity index (χ4n) is 2.67. The number of ether oxygens (including phenoxy) is 2. The molecule has 1 aliphatic carbocycles. The van der Waals surface area contributed by atoms with Crippen LogP contribution in [0.5, 0.6) is 0 Å². The Bertz CT molecular complexity index is 629. The van der Waals surface area contributed by atoms with Crippen LogP contribution in [0.15, 0.2) is 23.4 Å². The van der Waals surface area contributed by atoms with Gasteiger partial charge in [0.15, 0.2) is 5.76 Å². The van der Waals surface area contributed by atoms with Crippen LogP contribution in [0.2, 0.25) is 0 Å². The molecule has 3 rings (SSSR count). The first-order chi connectivity index (χ1) is 10.4. The summed E-state index contributed by atoms with van der Waals surface area (Å²) >= 11 is 17.5. The number of carbonyl (C=O) groups is 3. The summed E-state index contributed by atoms with van der Waals surface area (Å²) in [5.74, 6) is -2.76. The van der Waals surface area contributed by atoms with Crippen molar-refractivity contribution in [3.05, 3.63) is 23.4 Å². The molecule has 2 atom stereocenters. The molecule has 0 aromatic rings. The van der Waals surface area contributed by atoms with E-state index in [9.17, 15) is 14.4 Å². The van der Waals surface area contributed by atoms with Gasteiger partial charge in [0.25, 0.3) is 5.91 Å². The molecule has 1 saturated heterocycles. The quantitative estimate of drug-likeness (QED) is 0.327. The summed E-state index contributed by atoms with van der Waals surface area (Å²) in [4.78, 5) is 35.0. The van der Waals surface area contributed by atoms with E-state index in [1.807, 2.05) is 0 Å². The molecule has 2 aliphatic heterocycles. The van der Waals surface area contributed by atoms with Gasteiger partial charge in [-0.15, -0.1) is 11.6 Å². The molecule has 0 bridgehead atoms. The second-order valence-corrected chi connectivity index (χ2v) is 6.15. The zero-order valence-corrected chi connectivity index (χ0v) is 13.3. The first-order valence-corrected chi connectivity index (χ1v) is 7.78. The normalized spacial score (nSPS) is 34.0. The molecule has 0 aromatic heterocycles. The van der Waals surface area contributed by atoms with Gasteiger partial charge in [0.2, 0.25) is 10.6 Å². The van der Waals surface area contributed by atoms with Crippen molar-refractivity contribution in [2.75, 3.05) is 5.88 Å². The van der Waals surface area contributed by atoms with Gasteiger partial charge in [0, 0.05) is 17.7 Å². The first-order valence-electron chi connectivity index (χ1n) is 6.43. The molecule has 2 heterocycles. The SMILES string of the molecule is O=C1C=CC2(O1)N(C1CC1)C(=O)C2(Cl)/C(=C/Cl)OC(=O)CCl. The maximum Gasteiger partial charge on any atom is 0.333 e. The Hall–Kier alpha value is -1.24. The lowest BCUT2D eigenvalue weighted by atomic mass is 9.80. The van der Waals surface area contributed by atoms with Crippen LogP contribution in [0.4, 0.5) is 0 Å². The molecule has 0 aromatic carbocycles. The molecule has 2 unspecified atom stereocenters. The van der Waals surface area contributed by atoms with Gasteiger partial charge in [0.05, 0.1) is 0 Å². The van der Waals surface area contributed by atoms with Crippen molar-refractivity contribution in [1.29, 1.82) is 0 Å². The molecular formula is C13H10Cl3NO5. The number of hydrogen-bond acceptors (Lipinski definition) is 5. The first kappa shape index (κ1) is 15.6. The number of amides is 1. The molecule has 22 heavy (non-hydrogen) atoms. The van der Waals surface area contributed by atoms with E-state index in [0.717, 1.165) is 18.4 Å². The fraction of sp³-hybridized carbons (Fsp3) is 0.462. The molecular weight excluding hydrogens is 357 g/mol. The summed E-state index contributed by atoms with van der Waals surface area (Å²) in [7, 11) is 0. The van der Waals surface area contributed by atoms with Crippen LogP contribution in [0.25, 0.3) is 0 Å². The minimum atomic E-state index is -1.91. The van der Waals surface area contributed by atoms with Crippen molar-refractivity contribution >= 4 is 52.6 Å². The third-order valence-corrected chi connectivity index (χ3v) is 4.79. The molecule has 0 radical (unpaired) electrons. The number of β-lactam (4-membered cyclic amide) rings is 1. The standard InChI is InChI=1S/C13H10Cl3NO5/c14-5-8(21-10(19)6-15)13(16)11(20)17(7-1-2-7)12(13)4-3-9(18)22-12/h3-5,7H,1-2,6H2/b8-5-. The molecule has 3 aliphatic rings. The summed E-state index contributed by atoms with van der Waals surface area (Å²) in [5.41, 5.74) is -0.654. The summed E-state index contributed by atoms with van der Waals surface area (Å²) in [6, 6.07) is -0.0600. The zero-order valence-electron chi connectivity index (χ0n) is 11.1. The van der Waals surface area contributed by atoms with Crippen LogP contribution in [0, 0.1) is 0 Å². The van der Waals surface area contributed by atoms with Crippen molar-refractivity contribution in [1.82, 2.24) is 4.90 Å². The smallest absolute Gasteiger partial charge is 0.333 e. The number of esters is 2. The van der Waals surface area contributed by atoms with Crippen LogP contribution in [0.3, 0.4) is 0 Å². The van der Waals surface area contributed by atoms with Crippen LogP contribution in [-0.4, -0.2) is 45.3 Å². The van der Waals surface area contributed by atoms with Crippen LogP contribution >= 0.6 is 34.8 Å². The van der Waals surface area contributed by atoms with Crippen LogP contribution in [-0.2, 0) is 23.9 Å². The minimum Gasteiger partial charge on any atom is -0.429 e. The molecule has 0 N–H and O–H groups in total. The number of halogens is 3. The lowest BCUT2D eigenvalue weighted by molar-refractivity contribution is -0.211. The van der Waals surface area contributed by atoms with Gasteiger partial charge in [-0.05, 0) is 18.9 Å². The predicted molar refractivity (Wildman–Crippen MR) is 77.2 cm³/mol. The van der Waals surface area contributed by atoms with Gasteiger partial charge in [-0.25, -0.2) is 4.79 Å². The molecule has 2 fully saturated rings. The maximum atomic E-state index is 12.5. The molecule has 1 saturated carbocycles. The highest BCUT2D eigenvalue weighted by molar-refractivity contribution is 6.42. The van der Waals surface area contributed by atoms with Crippen LogP contribution in [0.1, 0.15) is 12.8 Å². The van der Waals surface area contributed by atoms with Gasteiger partial charge in [0.1, 0.15) is 5.88 Å².